The van der Waals surface area contributed by atoms with Crippen LogP contribution in [0.1, 0.15) is 61.9 Å². The minimum atomic E-state index is -0.807. The van der Waals surface area contributed by atoms with Gasteiger partial charge in [0.1, 0.15) is 6.04 Å². The van der Waals surface area contributed by atoms with Crippen LogP contribution in [-0.4, -0.2) is 33.7 Å². The third-order valence-electron chi connectivity index (χ3n) is 7.00. The molecule has 3 N–H and O–H groups in total. The number of nitrogens with two attached hydrogens (primary N) is 1. The largest absolute Gasteiger partial charge is 0.347 e. The Hall–Kier alpha value is -3.26. The Balaban J connectivity index is 1.65. The zero-order valence-electron chi connectivity index (χ0n) is 19.9. The van der Waals surface area contributed by atoms with Crippen LogP contribution in [0, 0.1) is 15.5 Å². The molecule has 0 saturated carbocycles. The predicted octanol–water partition coefficient (Wildman–Crippen LogP) is 3.42. The number of non-ortho nitro benzene ring substituents is 1. The standard InChI is InChI=1S/C26H32N4O4/c1-26(2,3)23(27)25(32)29-15-18-13-19(30(33)34)12-11-17(18)14-22(29)24(31)28-21-10-6-8-16-7-4-5-9-20(16)21/h4-5,7,9,11-13,21-23H,6,8,10,14-15,27H2,1-3H3,(H,28,31)/t21-,22+,23-/m1/s1. The van der Waals surface area contributed by atoms with Crippen molar-refractivity contribution >= 4 is 17.5 Å². The second kappa shape index (κ2) is 9.18. The van der Waals surface area contributed by atoms with Gasteiger partial charge in [-0.15, -0.1) is 0 Å². The van der Waals surface area contributed by atoms with Crippen molar-refractivity contribution in [1.82, 2.24) is 10.2 Å². The van der Waals surface area contributed by atoms with E-state index in [9.17, 15) is 19.7 Å². The molecule has 2 aliphatic rings. The molecule has 0 fully saturated rings. The van der Waals surface area contributed by atoms with E-state index in [0.717, 1.165) is 30.4 Å². The van der Waals surface area contributed by atoms with Crippen molar-refractivity contribution in [2.45, 2.75) is 71.1 Å². The van der Waals surface area contributed by atoms with Gasteiger partial charge in [-0.1, -0.05) is 51.1 Å². The molecule has 0 bridgehead atoms. The topological polar surface area (TPSA) is 119 Å². The summed E-state index contributed by atoms with van der Waals surface area (Å²) in [6.07, 6.45) is 3.10. The van der Waals surface area contributed by atoms with E-state index in [4.69, 9.17) is 5.73 Å². The van der Waals surface area contributed by atoms with Gasteiger partial charge in [0.15, 0.2) is 0 Å². The highest BCUT2D eigenvalue weighted by Crippen LogP contribution is 2.32. The molecule has 0 radical (unpaired) electrons. The molecular weight excluding hydrogens is 432 g/mol. The van der Waals surface area contributed by atoms with Gasteiger partial charge in [0, 0.05) is 25.1 Å². The summed E-state index contributed by atoms with van der Waals surface area (Å²) >= 11 is 0. The molecule has 2 amide bonds. The summed E-state index contributed by atoms with van der Waals surface area (Å²) in [6, 6.07) is 11.1. The van der Waals surface area contributed by atoms with Gasteiger partial charge in [-0.3, -0.25) is 19.7 Å². The number of rotatable bonds is 4. The SMILES string of the molecule is CC(C)(C)[C@H](N)C(=O)N1Cc2cc([N+](=O)[O-])ccc2C[C@H]1C(=O)N[C@@H]1CCCc2ccccc21. The van der Waals surface area contributed by atoms with Crippen molar-refractivity contribution in [3.05, 3.63) is 74.8 Å². The van der Waals surface area contributed by atoms with E-state index in [0.29, 0.717) is 5.56 Å². The predicted molar refractivity (Wildman–Crippen MR) is 129 cm³/mol. The third-order valence-corrected chi connectivity index (χ3v) is 7.00. The van der Waals surface area contributed by atoms with Crippen LogP contribution < -0.4 is 11.1 Å². The number of nitro benzene ring substituents is 1. The van der Waals surface area contributed by atoms with Gasteiger partial charge in [0.25, 0.3) is 5.69 Å². The highest BCUT2D eigenvalue weighted by molar-refractivity contribution is 5.91. The third kappa shape index (κ3) is 4.68. The highest BCUT2D eigenvalue weighted by Gasteiger charge is 2.40. The summed E-state index contributed by atoms with van der Waals surface area (Å²) in [6.45, 7) is 5.75. The molecule has 180 valence electrons. The first kappa shape index (κ1) is 23.9. The van der Waals surface area contributed by atoms with Gasteiger partial charge >= 0.3 is 0 Å². The summed E-state index contributed by atoms with van der Waals surface area (Å²) in [7, 11) is 0. The van der Waals surface area contributed by atoms with E-state index >= 15 is 0 Å². The number of hydrogen-bond donors (Lipinski definition) is 2. The van der Waals surface area contributed by atoms with Crippen LogP contribution in [0.25, 0.3) is 0 Å². The zero-order chi connectivity index (χ0) is 24.6. The Kier molecular flexibility index (Phi) is 6.45. The average Bonchev–Trinajstić information content (AvgIpc) is 2.81. The fourth-order valence-corrected chi connectivity index (χ4v) is 4.87. The van der Waals surface area contributed by atoms with Gasteiger partial charge < -0.3 is 16.0 Å². The summed E-state index contributed by atoms with van der Waals surface area (Å²) < 4.78 is 0. The fourth-order valence-electron chi connectivity index (χ4n) is 4.87. The maximum atomic E-state index is 13.6. The smallest absolute Gasteiger partial charge is 0.269 e. The number of nitro groups is 1. The van der Waals surface area contributed by atoms with E-state index in [-0.39, 0.29) is 36.5 Å². The molecule has 0 saturated heterocycles. The van der Waals surface area contributed by atoms with E-state index in [2.05, 4.69) is 11.4 Å². The van der Waals surface area contributed by atoms with Gasteiger partial charge in [0.2, 0.25) is 11.8 Å². The molecule has 2 aromatic rings. The molecule has 8 heteroatoms. The monoisotopic (exact) mass is 464 g/mol. The van der Waals surface area contributed by atoms with Gasteiger partial charge in [0.05, 0.1) is 17.0 Å². The van der Waals surface area contributed by atoms with E-state index in [1.807, 2.05) is 39.0 Å². The number of carbonyl (C=O) groups is 2. The lowest BCUT2D eigenvalue weighted by atomic mass is 9.84. The van der Waals surface area contributed by atoms with Crippen molar-refractivity contribution in [3.8, 4) is 0 Å². The number of amides is 2. The quantitative estimate of drug-likeness (QED) is 0.531. The lowest BCUT2D eigenvalue weighted by Crippen LogP contribution is -2.59. The fraction of sp³-hybridized carbons (Fsp3) is 0.462. The highest BCUT2D eigenvalue weighted by atomic mass is 16.6. The van der Waals surface area contributed by atoms with E-state index in [1.54, 1.807) is 6.07 Å². The van der Waals surface area contributed by atoms with Crippen LogP contribution in [0.5, 0.6) is 0 Å². The van der Waals surface area contributed by atoms with E-state index < -0.39 is 22.4 Å². The molecule has 0 aromatic heterocycles. The molecule has 0 spiro atoms. The Morgan fingerprint density at radius 2 is 1.88 bits per heavy atom. The van der Waals surface area contributed by atoms with Crippen molar-refractivity contribution in [2.75, 3.05) is 0 Å². The van der Waals surface area contributed by atoms with Crippen LogP contribution in [0.15, 0.2) is 42.5 Å². The van der Waals surface area contributed by atoms with Crippen LogP contribution in [0.4, 0.5) is 5.69 Å². The summed E-state index contributed by atoms with van der Waals surface area (Å²) in [5.41, 5.74) is 9.65. The van der Waals surface area contributed by atoms with Gasteiger partial charge in [-0.2, -0.15) is 0 Å². The Labute approximate surface area is 199 Å². The first-order valence-electron chi connectivity index (χ1n) is 11.8. The number of carbonyl (C=O) groups excluding carboxylic acids is 2. The maximum Gasteiger partial charge on any atom is 0.269 e. The minimum absolute atomic E-state index is 0.0343. The van der Waals surface area contributed by atoms with E-state index in [1.165, 1.54) is 22.6 Å². The zero-order valence-corrected chi connectivity index (χ0v) is 19.9. The minimum Gasteiger partial charge on any atom is -0.347 e. The molecule has 4 rings (SSSR count). The molecule has 0 unspecified atom stereocenters. The number of nitrogens with zero attached hydrogens (tertiary/aromatic N) is 2. The molecule has 34 heavy (non-hydrogen) atoms. The summed E-state index contributed by atoms with van der Waals surface area (Å²) in [5.74, 6) is -0.547. The normalized spacial score (nSPS) is 20.6. The first-order chi connectivity index (χ1) is 16.1. The van der Waals surface area contributed by atoms with Gasteiger partial charge in [-0.05, 0) is 46.9 Å². The number of benzene rings is 2. The second-order valence-electron chi connectivity index (χ2n) is 10.4. The molecular formula is C26H32N4O4. The lowest BCUT2D eigenvalue weighted by Gasteiger charge is -2.40. The van der Waals surface area contributed by atoms with Crippen LogP contribution in [0.2, 0.25) is 0 Å². The first-order valence-corrected chi connectivity index (χ1v) is 11.8. The Bertz CT molecular complexity index is 1120. The molecule has 3 atom stereocenters. The number of hydrogen-bond acceptors (Lipinski definition) is 5. The van der Waals surface area contributed by atoms with Crippen LogP contribution in [-0.2, 0) is 29.0 Å². The van der Waals surface area contributed by atoms with Crippen LogP contribution in [0.3, 0.4) is 0 Å². The van der Waals surface area contributed by atoms with Crippen LogP contribution >= 0.6 is 0 Å². The maximum absolute atomic E-state index is 13.6. The summed E-state index contributed by atoms with van der Waals surface area (Å²) in [4.78, 5) is 39.4. The second-order valence-corrected chi connectivity index (χ2v) is 10.4. The van der Waals surface area contributed by atoms with Crippen molar-refractivity contribution in [2.24, 2.45) is 11.1 Å². The Morgan fingerprint density at radius 1 is 1.15 bits per heavy atom. The number of fused-ring (bicyclic) bond motifs is 2. The molecule has 8 nitrogen and oxygen atoms in total. The van der Waals surface area contributed by atoms with Crippen molar-refractivity contribution < 1.29 is 14.5 Å². The number of nitrogens with one attached hydrogen (secondary N) is 1. The molecule has 1 aliphatic carbocycles. The lowest BCUT2D eigenvalue weighted by molar-refractivity contribution is -0.385. The Morgan fingerprint density at radius 3 is 2.59 bits per heavy atom. The van der Waals surface area contributed by atoms with Gasteiger partial charge in [-0.25, -0.2) is 0 Å². The average molecular weight is 465 g/mol. The van der Waals surface area contributed by atoms with Crippen molar-refractivity contribution in [3.63, 3.8) is 0 Å². The molecule has 2 aromatic carbocycles. The van der Waals surface area contributed by atoms with Crippen molar-refractivity contribution in [1.29, 1.82) is 0 Å². The molecule has 1 aliphatic heterocycles. The summed E-state index contributed by atoms with van der Waals surface area (Å²) in [5, 5.41) is 14.5. The number of aryl methyl sites for hydroxylation is 1. The molecule has 1 heterocycles.